The van der Waals surface area contributed by atoms with Gasteiger partial charge in [0.1, 0.15) is 0 Å². The Hall–Kier alpha value is -7.74. The molecule has 76 heavy (non-hydrogen) atoms. The second kappa shape index (κ2) is 16.9. The third-order valence-corrected chi connectivity index (χ3v) is 14.5. The molecule has 0 saturated carbocycles. The minimum absolute atomic E-state index is 0.0333. The van der Waals surface area contributed by atoms with Crippen molar-refractivity contribution in [3.05, 3.63) is 191 Å². The van der Waals surface area contributed by atoms with Crippen LogP contribution in [0.5, 0.6) is 0 Å². The van der Waals surface area contributed by atoms with Crippen molar-refractivity contribution >= 4 is 65.2 Å². The number of nitrogens with zero attached hydrogens (tertiary/aromatic N) is 2. The van der Waals surface area contributed by atoms with Gasteiger partial charge in [0, 0.05) is 32.9 Å². The van der Waals surface area contributed by atoms with Crippen LogP contribution < -0.4 is 0 Å². The Morgan fingerprint density at radius 1 is 0.250 bits per heavy atom. The molecular formula is C62H44F12N2. The molecule has 0 aliphatic heterocycles. The van der Waals surface area contributed by atoms with Crippen molar-refractivity contribution in [2.24, 2.45) is 0 Å². The molecule has 0 aliphatic rings. The maximum absolute atomic E-state index is 14.3. The van der Waals surface area contributed by atoms with E-state index in [1.165, 1.54) is 24.3 Å². The fourth-order valence-corrected chi connectivity index (χ4v) is 10.7. The van der Waals surface area contributed by atoms with Crippen molar-refractivity contribution in [2.75, 3.05) is 0 Å². The van der Waals surface area contributed by atoms with Crippen LogP contribution in [-0.2, 0) is 35.5 Å². The first kappa shape index (κ1) is 50.4. The summed E-state index contributed by atoms with van der Waals surface area (Å²) in [5.74, 6) is 0. The Kier molecular flexibility index (Phi) is 11.2. The van der Waals surface area contributed by atoms with Crippen molar-refractivity contribution in [1.82, 2.24) is 9.13 Å². The minimum Gasteiger partial charge on any atom is -0.309 e. The molecule has 2 aromatic heterocycles. The first-order valence-electron chi connectivity index (χ1n) is 24.2. The quantitative estimate of drug-likeness (QED) is 0.123. The molecular weight excluding hydrogens is 1000 g/mol. The lowest BCUT2D eigenvalue weighted by molar-refractivity contribution is -0.138. The second-order valence-electron chi connectivity index (χ2n) is 21.5. The molecule has 0 amide bonds. The van der Waals surface area contributed by atoms with Gasteiger partial charge in [0.2, 0.25) is 0 Å². The third kappa shape index (κ3) is 8.49. The lowest BCUT2D eigenvalue weighted by Gasteiger charge is -2.23. The van der Waals surface area contributed by atoms with E-state index in [4.69, 9.17) is 0 Å². The van der Waals surface area contributed by atoms with Gasteiger partial charge in [-0.2, -0.15) is 52.7 Å². The van der Waals surface area contributed by atoms with Crippen LogP contribution in [0.3, 0.4) is 0 Å². The number of fused-ring (bicyclic) bond motifs is 8. The number of benzene rings is 9. The van der Waals surface area contributed by atoms with Gasteiger partial charge in [-0.1, -0.05) is 102 Å². The van der Waals surface area contributed by atoms with Crippen molar-refractivity contribution in [3.63, 3.8) is 0 Å². The standard InChI is InChI=1S/C62H44F12N2/c1-57(2,3)35-11-7-33(8-12-35)55-43-21-19-42(76-53-25-17-39(61(69,70)71)29-47(53)48-30-40(62(72,73)74)18-26-54(48)76)32-50(43)56(34-9-13-36(14-10-34)58(4,5)6)44-22-20-41(31-49(44)55)75-51-23-15-37(59(63,64)65)27-45(51)46-28-38(60(66,67)68)16-24-52(46)75/h7-32H,1-6H3. The van der Waals surface area contributed by atoms with Crippen molar-refractivity contribution in [2.45, 2.75) is 77.1 Å². The summed E-state index contributed by atoms with van der Waals surface area (Å²) < 4.78 is 174. The summed E-state index contributed by atoms with van der Waals surface area (Å²) in [5, 5.41) is 2.59. The van der Waals surface area contributed by atoms with E-state index in [1.54, 1.807) is 21.3 Å². The summed E-state index contributed by atoms with van der Waals surface area (Å²) in [6.45, 7) is 12.4. The molecule has 0 fully saturated rings. The second-order valence-corrected chi connectivity index (χ2v) is 21.5. The van der Waals surface area contributed by atoms with Gasteiger partial charge in [-0.15, -0.1) is 0 Å². The Bertz CT molecular complexity index is 3740. The van der Waals surface area contributed by atoms with E-state index in [2.05, 4.69) is 41.5 Å². The molecule has 2 nitrogen and oxygen atoms in total. The van der Waals surface area contributed by atoms with E-state index >= 15 is 0 Å². The predicted molar refractivity (Wildman–Crippen MR) is 278 cm³/mol. The van der Waals surface area contributed by atoms with Gasteiger partial charge < -0.3 is 9.13 Å². The molecule has 0 bridgehead atoms. The summed E-state index contributed by atoms with van der Waals surface area (Å²) in [4.78, 5) is 0. The molecule has 0 N–H and O–H groups in total. The zero-order chi connectivity index (χ0) is 54.4. The van der Waals surface area contributed by atoms with Crippen molar-refractivity contribution < 1.29 is 52.7 Å². The molecule has 14 heteroatoms. The monoisotopic (exact) mass is 1040 g/mol. The number of halogens is 12. The molecule has 0 aliphatic carbocycles. The van der Waals surface area contributed by atoms with Gasteiger partial charge in [-0.3, -0.25) is 0 Å². The lowest BCUT2D eigenvalue weighted by atomic mass is 9.82. The summed E-state index contributed by atoms with van der Waals surface area (Å²) >= 11 is 0. The average molecular weight is 1050 g/mol. The predicted octanol–water partition coefficient (Wildman–Crippen LogP) is 20.2. The van der Waals surface area contributed by atoms with Crippen LogP contribution >= 0.6 is 0 Å². The van der Waals surface area contributed by atoms with Gasteiger partial charge in [0.05, 0.1) is 44.3 Å². The molecule has 11 rings (SSSR count). The van der Waals surface area contributed by atoms with Crippen LogP contribution in [0.15, 0.2) is 158 Å². The normalized spacial score (nSPS) is 13.4. The largest absolute Gasteiger partial charge is 0.416 e. The Labute approximate surface area is 427 Å². The zero-order valence-corrected chi connectivity index (χ0v) is 41.4. The highest BCUT2D eigenvalue weighted by molar-refractivity contribution is 6.23. The first-order chi connectivity index (χ1) is 35.5. The number of rotatable bonds is 4. The number of hydrogen-bond acceptors (Lipinski definition) is 0. The Morgan fingerprint density at radius 2 is 0.500 bits per heavy atom. The molecule has 2 heterocycles. The maximum Gasteiger partial charge on any atom is 0.416 e. The molecule has 11 aromatic rings. The van der Waals surface area contributed by atoms with Gasteiger partial charge >= 0.3 is 24.7 Å². The van der Waals surface area contributed by atoms with Crippen LogP contribution in [0.2, 0.25) is 0 Å². The summed E-state index contributed by atoms with van der Waals surface area (Å²) in [6.07, 6.45) is -19.2. The van der Waals surface area contributed by atoms with Crippen molar-refractivity contribution in [1.29, 1.82) is 0 Å². The molecule has 9 aromatic carbocycles. The summed E-state index contributed by atoms with van der Waals surface area (Å²) in [7, 11) is 0. The molecule has 0 atom stereocenters. The highest BCUT2D eigenvalue weighted by atomic mass is 19.4. The van der Waals surface area contributed by atoms with Gasteiger partial charge in [-0.05, 0) is 163 Å². The van der Waals surface area contributed by atoms with Crippen LogP contribution in [-0.4, -0.2) is 9.13 Å². The Morgan fingerprint density at radius 3 is 0.737 bits per heavy atom. The molecule has 0 saturated heterocycles. The van der Waals surface area contributed by atoms with E-state index in [0.717, 1.165) is 70.8 Å². The van der Waals surface area contributed by atoms with Gasteiger partial charge in [-0.25, -0.2) is 0 Å². The highest BCUT2D eigenvalue weighted by Gasteiger charge is 2.36. The molecule has 0 spiro atoms. The van der Waals surface area contributed by atoms with Crippen LogP contribution in [0, 0.1) is 0 Å². The SMILES string of the molecule is CC(C)(C)c1ccc(-c2c3ccc(-n4c5ccc(C(F)(F)F)cc5c5cc(C(F)(F)F)ccc54)cc3c(-c3ccc(C(C)(C)C)cc3)c3ccc(-n4c5ccc(C(F)(F)F)cc5c5cc(C(F)(F)F)ccc54)cc23)cc1. The van der Waals surface area contributed by atoms with Crippen molar-refractivity contribution in [3.8, 4) is 33.6 Å². The smallest absolute Gasteiger partial charge is 0.309 e. The highest BCUT2D eigenvalue weighted by Crippen LogP contribution is 2.49. The maximum atomic E-state index is 14.3. The van der Waals surface area contributed by atoms with E-state index in [0.29, 0.717) is 44.0 Å². The minimum atomic E-state index is -4.79. The molecule has 0 radical (unpaired) electrons. The van der Waals surface area contributed by atoms with E-state index < -0.39 is 47.0 Å². The van der Waals surface area contributed by atoms with Crippen LogP contribution in [0.4, 0.5) is 52.7 Å². The molecule has 386 valence electrons. The third-order valence-electron chi connectivity index (χ3n) is 14.5. The van der Waals surface area contributed by atoms with Crippen LogP contribution in [0.1, 0.15) is 74.9 Å². The topological polar surface area (TPSA) is 9.86 Å². The van der Waals surface area contributed by atoms with E-state index in [9.17, 15) is 52.7 Å². The number of alkyl halides is 12. The molecule has 0 unspecified atom stereocenters. The number of aromatic nitrogens is 2. The zero-order valence-electron chi connectivity index (χ0n) is 41.4. The lowest BCUT2D eigenvalue weighted by Crippen LogP contribution is -2.10. The van der Waals surface area contributed by atoms with Crippen LogP contribution in [0.25, 0.3) is 98.8 Å². The first-order valence-corrected chi connectivity index (χ1v) is 24.2. The van der Waals surface area contributed by atoms with E-state index in [-0.39, 0.29) is 54.4 Å². The van der Waals surface area contributed by atoms with Gasteiger partial charge in [0.25, 0.3) is 0 Å². The summed E-state index contributed by atoms with van der Waals surface area (Å²) in [6, 6.07) is 39.0. The number of hydrogen-bond donors (Lipinski definition) is 0. The summed E-state index contributed by atoms with van der Waals surface area (Å²) in [5.41, 5.74) is 2.20. The fraction of sp³-hybridized carbons (Fsp3) is 0.194. The Balaban J connectivity index is 1.26. The average Bonchev–Trinajstić information content (AvgIpc) is 3.99. The fourth-order valence-electron chi connectivity index (χ4n) is 10.7. The van der Waals surface area contributed by atoms with E-state index in [1.807, 2.05) is 72.8 Å². The van der Waals surface area contributed by atoms with Gasteiger partial charge in [0.15, 0.2) is 0 Å².